The van der Waals surface area contributed by atoms with Crippen LogP contribution >= 0.6 is 0 Å². The fourth-order valence-electron chi connectivity index (χ4n) is 2.11. The standard InChI is InChI=1S/C18H23NO/c1-4-16(20-17-8-6-5-7-9-17)13-19-18-12-14(2)10-11-15(18)3/h5-12,16,19H,4,13H2,1-3H3. The smallest absolute Gasteiger partial charge is 0.119 e. The van der Waals surface area contributed by atoms with Crippen molar-refractivity contribution in [3.8, 4) is 5.75 Å². The molecule has 0 aliphatic rings. The lowest BCUT2D eigenvalue weighted by atomic mass is 10.1. The zero-order chi connectivity index (χ0) is 14.4. The third-order valence-corrected chi connectivity index (χ3v) is 3.41. The second-order valence-corrected chi connectivity index (χ2v) is 5.16. The SMILES string of the molecule is CCC(CNc1cc(C)ccc1C)Oc1ccccc1. The lowest BCUT2D eigenvalue weighted by Gasteiger charge is -2.19. The summed E-state index contributed by atoms with van der Waals surface area (Å²) in [5.74, 6) is 0.933. The van der Waals surface area contributed by atoms with Gasteiger partial charge in [-0.2, -0.15) is 0 Å². The van der Waals surface area contributed by atoms with E-state index in [1.165, 1.54) is 16.8 Å². The largest absolute Gasteiger partial charge is 0.489 e. The molecule has 1 N–H and O–H groups in total. The first-order chi connectivity index (χ1) is 9.69. The summed E-state index contributed by atoms with van der Waals surface area (Å²) in [4.78, 5) is 0. The minimum Gasteiger partial charge on any atom is -0.489 e. The Morgan fingerprint density at radius 3 is 2.50 bits per heavy atom. The van der Waals surface area contributed by atoms with E-state index in [-0.39, 0.29) is 6.10 Å². The monoisotopic (exact) mass is 269 g/mol. The highest BCUT2D eigenvalue weighted by Crippen LogP contribution is 2.18. The van der Waals surface area contributed by atoms with Gasteiger partial charge in [0.2, 0.25) is 0 Å². The van der Waals surface area contributed by atoms with Crippen LogP contribution in [0.15, 0.2) is 48.5 Å². The summed E-state index contributed by atoms with van der Waals surface area (Å²) in [5.41, 5.74) is 3.74. The van der Waals surface area contributed by atoms with Crippen LogP contribution in [0, 0.1) is 13.8 Å². The van der Waals surface area contributed by atoms with E-state index in [2.05, 4.69) is 44.3 Å². The number of hydrogen-bond acceptors (Lipinski definition) is 2. The van der Waals surface area contributed by atoms with Gasteiger partial charge in [0.25, 0.3) is 0 Å². The molecule has 106 valence electrons. The normalized spacial score (nSPS) is 11.9. The zero-order valence-electron chi connectivity index (χ0n) is 12.5. The van der Waals surface area contributed by atoms with E-state index in [4.69, 9.17) is 4.74 Å². The Morgan fingerprint density at radius 1 is 1.05 bits per heavy atom. The van der Waals surface area contributed by atoms with E-state index in [0.29, 0.717) is 0 Å². The molecule has 2 heteroatoms. The molecule has 0 amide bonds. The van der Waals surface area contributed by atoms with E-state index in [1.807, 2.05) is 30.3 Å². The summed E-state index contributed by atoms with van der Waals surface area (Å²) >= 11 is 0. The molecule has 1 unspecified atom stereocenters. The van der Waals surface area contributed by atoms with E-state index in [0.717, 1.165) is 18.7 Å². The summed E-state index contributed by atoms with van der Waals surface area (Å²) in [6, 6.07) is 16.5. The molecule has 0 saturated heterocycles. The number of anilines is 1. The maximum absolute atomic E-state index is 5.99. The van der Waals surface area contributed by atoms with E-state index >= 15 is 0 Å². The van der Waals surface area contributed by atoms with Crippen LogP contribution in [0.3, 0.4) is 0 Å². The van der Waals surface area contributed by atoms with Crippen LogP contribution in [0.5, 0.6) is 5.75 Å². The van der Waals surface area contributed by atoms with Crippen LogP contribution in [0.4, 0.5) is 5.69 Å². The van der Waals surface area contributed by atoms with Crippen molar-refractivity contribution in [3.63, 3.8) is 0 Å². The van der Waals surface area contributed by atoms with Crippen LogP contribution in [0.25, 0.3) is 0 Å². The van der Waals surface area contributed by atoms with Crippen molar-refractivity contribution >= 4 is 5.69 Å². The Bertz CT molecular complexity index is 536. The topological polar surface area (TPSA) is 21.3 Å². The fraction of sp³-hybridized carbons (Fsp3) is 0.333. The minimum atomic E-state index is 0.178. The third-order valence-electron chi connectivity index (χ3n) is 3.41. The molecule has 0 bridgehead atoms. The lowest BCUT2D eigenvalue weighted by molar-refractivity contribution is 0.210. The highest BCUT2D eigenvalue weighted by Gasteiger charge is 2.08. The van der Waals surface area contributed by atoms with Gasteiger partial charge in [0.1, 0.15) is 11.9 Å². The Kier molecular flexibility index (Phi) is 5.05. The van der Waals surface area contributed by atoms with E-state index in [9.17, 15) is 0 Å². The zero-order valence-corrected chi connectivity index (χ0v) is 12.5. The van der Waals surface area contributed by atoms with Crippen molar-refractivity contribution < 1.29 is 4.74 Å². The Hall–Kier alpha value is -1.96. The average Bonchev–Trinajstić information content (AvgIpc) is 2.47. The summed E-state index contributed by atoms with van der Waals surface area (Å²) in [6.07, 6.45) is 1.16. The van der Waals surface area contributed by atoms with Crippen molar-refractivity contribution in [2.24, 2.45) is 0 Å². The molecule has 0 radical (unpaired) electrons. The Morgan fingerprint density at radius 2 is 1.80 bits per heavy atom. The molecule has 1 atom stereocenters. The van der Waals surface area contributed by atoms with Crippen LogP contribution in [0.2, 0.25) is 0 Å². The van der Waals surface area contributed by atoms with Crippen molar-refractivity contribution in [1.82, 2.24) is 0 Å². The summed E-state index contributed by atoms with van der Waals surface area (Å²) < 4.78 is 5.99. The van der Waals surface area contributed by atoms with Gasteiger partial charge in [-0.25, -0.2) is 0 Å². The predicted octanol–water partition coefficient (Wildman–Crippen LogP) is 4.57. The summed E-state index contributed by atoms with van der Waals surface area (Å²) in [5, 5.41) is 3.50. The van der Waals surface area contributed by atoms with Crippen LogP contribution in [0.1, 0.15) is 24.5 Å². The van der Waals surface area contributed by atoms with Gasteiger partial charge >= 0.3 is 0 Å². The minimum absolute atomic E-state index is 0.178. The molecule has 0 spiro atoms. The fourth-order valence-corrected chi connectivity index (χ4v) is 2.11. The van der Waals surface area contributed by atoms with Gasteiger partial charge < -0.3 is 10.1 Å². The number of aryl methyl sites for hydroxylation is 2. The molecule has 0 aromatic heterocycles. The van der Waals surface area contributed by atoms with Gasteiger partial charge in [0, 0.05) is 5.69 Å². The molecule has 2 aromatic carbocycles. The maximum atomic E-state index is 5.99. The van der Waals surface area contributed by atoms with E-state index in [1.54, 1.807) is 0 Å². The predicted molar refractivity (Wildman–Crippen MR) is 85.6 cm³/mol. The number of nitrogens with one attached hydrogen (secondary N) is 1. The Balaban J connectivity index is 1.95. The summed E-state index contributed by atoms with van der Waals surface area (Å²) in [7, 11) is 0. The van der Waals surface area contributed by atoms with Gasteiger partial charge in [-0.05, 0) is 49.6 Å². The van der Waals surface area contributed by atoms with Crippen LogP contribution in [-0.2, 0) is 0 Å². The highest BCUT2D eigenvalue weighted by atomic mass is 16.5. The molecule has 0 fully saturated rings. The first-order valence-electron chi connectivity index (χ1n) is 7.22. The molecule has 0 aliphatic carbocycles. The molecule has 0 aliphatic heterocycles. The molecule has 2 aromatic rings. The van der Waals surface area contributed by atoms with Crippen LogP contribution in [-0.4, -0.2) is 12.6 Å². The second kappa shape index (κ2) is 6.99. The number of hydrogen-bond donors (Lipinski definition) is 1. The average molecular weight is 269 g/mol. The quantitative estimate of drug-likeness (QED) is 0.829. The first kappa shape index (κ1) is 14.4. The van der Waals surface area contributed by atoms with Crippen molar-refractivity contribution in [1.29, 1.82) is 0 Å². The van der Waals surface area contributed by atoms with Crippen molar-refractivity contribution in [2.45, 2.75) is 33.3 Å². The van der Waals surface area contributed by atoms with Crippen molar-refractivity contribution in [3.05, 3.63) is 59.7 Å². The number of para-hydroxylation sites is 1. The lowest BCUT2D eigenvalue weighted by Crippen LogP contribution is -2.25. The van der Waals surface area contributed by atoms with E-state index < -0.39 is 0 Å². The summed E-state index contributed by atoms with van der Waals surface area (Å²) in [6.45, 7) is 7.21. The molecule has 20 heavy (non-hydrogen) atoms. The Labute approximate surface area is 121 Å². The molecule has 2 nitrogen and oxygen atoms in total. The van der Waals surface area contributed by atoms with Gasteiger partial charge in [-0.15, -0.1) is 0 Å². The first-order valence-corrected chi connectivity index (χ1v) is 7.22. The van der Waals surface area contributed by atoms with Crippen LogP contribution < -0.4 is 10.1 Å². The van der Waals surface area contributed by atoms with Gasteiger partial charge in [-0.1, -0.05) is 37.3 Å². The molecule has 2 rings (SSSR count). The number of ether oxygens (including phenoxy) is 1. The van der Waals surface area contributed by atoms with Gasteiger partial charge in [0.05, 0.1) is 6.54 Å². The third kappa shape index (κ3) is 4.02. The second-order valence-electron chi connectivity index (χ2n) is 5.16. The van der Waals surface area contributed by atoms with Crippen molar-refractivity contribution in [2.75, 3.05) is 11.9 Å². The molecular weight excluding hydrogens is 246 g/mol. The number of benzene rings is 2. The molecule has 0 saturated carbocycles. The van der Waals surface area contributed by atoms with Gasteiger partial charge in [0.15, 0.2) is 0 Å². The molecular formula is C18H23NO. The van der Waals surface area contributed by atoms with Gasteiger partial charge in [-0.3, -0.25) is 0 Å². The number of rotatable bonds is 6. The highest BCUT2D eigenvalue weighted by molar-refractivity contribution is 5.52. The maximum Gasteiger partial charge on any atom is 0.119 e. The molecule has 0 heterocycles.